The highest BCUT2D eigenvalue weighted by Gasteiger charge is 2.14. The summed E-state index contributed by atoms with van der Waals surface area (Å²) >= 11 is 4.41. The molecule has 0 fully saturated rings. The number of thioether (sulfide) groups is 1. The lowest BCUT2D eigenvalue weighted by molar-refractivity contribution is -0.138. The Bertz CT molecular complexity index is 2400. The molecule has 18 heteroatoms. The summed E-state index contributed by atoms with van der Waals surface area (Å²) in [4.78, 5) is 57.9. The molecule has 0 bridgehead atoms. The minimum Gasteiger partial charge on any atom is -0.491 e. The summed E-state index contributed by atoms with van der Waals surface area (Å²) in [7, 11) is 0. The van der Waals surface area contributed by atoms with E-state index in [1.54, 1.807) is 24.2 Å². The molecule has 4 aromatic carbocycles. The van der Waals surface area contributed by atoms with Crippen molar-refractivity contribution >= 4 is 80.1 Å². The van der Waals surface area contributed by atoms with Crippen LogP contribution in [0.1, 0.15) is 72.5 Å². The summed E-state index contributed by atoms with van der Waals surface area (Å²) in [6.07, 6.45) is 4.66. The zero-order valence-electron chi connectivity index (χ0n) is 38.9. The number of amides is 4. The number of ether oxygens (including phenoxy) is 3. The lowest BCUT2D eigenvalue weighted by Gasteiger charge is -2.14. The number of carbonyl (C=O) groups excluding carboxylic acids is 2. The monoisotopic (exact) mass is 982 g/mol. The third-order valence-electron chi connectivity index (χ3n) is 9.33. The van der Waals surface area contributed by atoms with Crippen LogP contribution in [0.4, 0.5) is 31.2 Å². The van der Waals surface area contributed by atoms with Gasteiger partial charge in [-0.05, 0) is 109 Å². The van der Waals surface area contributed by atoms with E-state index in [0.717, 1.165) is 42.7 Å². The summed E-state index contributed by atoms with van der Waals surface area (Å²) in [6, 6.07) is 25.8. The van der Waals surface area contributed by atoms with Gasteiger partial charge in [0.25, 0.3) is 0 Å². The Morgan fingerprint density at radius 1 is 0.603 bits per heavy atom. The lowest BCUT2D eigenvalue weighted by atomic mass is 10.1. The van der Waals surface area contributed by atoms with Gasteiger partial charge in [0.05, 0.1) is 29.5 Å². The molecule has 0 radical (unpaired) electrons. The Balaban J connectivity index is 0.000000254. The number of nitrogens with zero attached hydrogens (tertiary/aromatic N) is 2. The van der Waals surface area contributed by atoms with Crippen LogP contribution in [-0.2, 0) is 34.8 Å². The molecule has 0 saturated carbocycles. The molecule has 0 aliphatic heterocycles. The third kappa shape index (κ3) is 18.9. The van der Waals surface area contributed by atoms with Crippen LogP contribution in [0.5, 0.6) is 17.2 Å². The van der Waals surface area contributed by atoms with Crippen LogP contribution in [0.3, 0.4) is 0 Å². The van der Waals surface area contributed by atoms with Crippen molar-refractivity contribution in [2.75, 3.05) is 34.5 Å². The van der Waals surface area contributed by atoms with E-state index in [4.69, 9.17) is 24.4 Å². The average Bonchev–Trinajstić information content (AvgIpc) is 3.95. The molecule has 4 amide bonds. The molecule has 6 aromatic rings. The van der Waals surface area contributed by atoms with Gasteiger partial charge in [0.2, 0.25) is 0 Å². The smallest absolute Gasteiger partial charge is 0.325 e. The number of hydrogen-bond donors (Lipinski definition) is 6. The lowest BCUT2D eigenvalue weighted by Crippen LogP contribution is -2.20. The molecule has 360 valence electrons. The van der Waals surface area contributed by atoms with Crippen molar-refractivity contribution in [3.8, 4) is 17.2 Å². The van der Waals surface area contributed by atoms with E-state index in [1.165, 1.54) is 22.7 Å². The zero-order chi connectivity index (χ0) is 49.0. The fourth-order valence-corrected chi connectivity index (χ4v) is 8.35. The summed E-state index contributed by atoms with van der Waals surface area (Å²) in [5.41, 5.74) is 5.26. The second-order valence-corrected chi connectivity index (χ2v) is 19.8. The molecule has 2 aromatic heterocycles. The summed E-state index contributed by atoms with van der Waals surface area (Å²) in [6.45, 7) is 13.7. The van der Waals surface area contributed by atoms with Crippen LogP contribution >= 0.6 is 34.4 Å². The molecule has 0 spiro atoms. The Labute approximate surface area is 409 Å². The summed E-state index contributed by atoms with van der Waals surface area (Å²) in [5.74, 6) is 1.81. The van der Waals surface area contributed by atoms with Crippen molar-refractivity contribution in [2.45, 2.75) is 84.5 Å². The van der Waals surface area contributed by atoms with E-state index in [2.05, 4.69) is 58.9 Å². The normalized spacial score (nSPS) is 10.8. The molecule has 0 unspecified atom stereocenters. The van der Waals surface area contributed by atoms with E-state index in [-0.39, 0.29) is 18.9 Å². The Morgan fingerprint density at radius 3 is 1.53 bits per heavy atom. The minimum atomic E-state index is -0.817. The van der Waals surface area contributed by atoms with Crippen molar-refractivity contribution in [3.05, 3.63) is 129 Å². The molecule has 15 nitrogen and oxygen atoms in total. The highest BCUT2D eigenvalue weighted by Crippen LogP contribution is 2.31. The second-order valence-electron chi connectivity index (χ2n) is 16.5. The van der Waals surface area contributed by atoms with Gasteiger partial charge in [-0.25, -0.2) is 19.6 Å². The SMILES string of the molecule is Cc1ccc(NC(=O)Nc2ncc(COc3ccc(CCC(=O)O)cc3)s2)c(OCC(C)C)c1.Cc1ccc(NC(=O)Nc2ncc(CSc3ccc(CCC(=O)O)cc3)s2)c(OCC(C)C)c1. The predicted octanol–water partition coefficient (Wildman–Crippen LogP) is 12.2. The standard InChI is InChI=1S/C25H29N3O5S.C25H29N3O4S2/c1-16(2)14-33-22-12-17(3)4-10-21(22)27-24(31)28-25-26-13-20(34-25)15-32-19-8-5-18(6-9-19)7-11-23(29)30;1-16(2)14-32-22-12-17(3)4-10-21(22)27-24(31)28-25-26-13-20(34-25)15-33-19-8-5-18(6-9-19)7-11-23(29)30/h2*4-6,8-10,12-13,16H,7,11,14-15H2,1-3H3,(H,29,30)(H2,26,27,28,31). The first kappa shape index (κ1) is 52.3. The van der Waals surface area contributed by atoms with Gasteiger partial charge in [-0.15, -0.1) is 23.1 Å². The van der Waals surface area contributed by atoms with Crippen molar-refractivity contribution in [2.24, 2.45) is 11.8 Å². The summed E-state index contributed by atoms with van der Waals surface area (Å²) < 4.78 is 17.5. The number of urea groups is 2. The van der Waals surface area contributed by atoms with Crippen LogP contribution in [0.15, 0.2) is 102 Å². The third-order valence-corrected chi connectivity index (χ3v) is 12.4. The van der Waals surface area contributed by atoms with Gasteiger partial charge in [-0.3, -0.25) is 20.2 Å². The molecular formula is C50H58N6O9S3. The predicted molar refractivity (Wildman–Crippen MR) is 271 cm³/mol. The largest absolute Gasteiger partial charge is 0.491 e. The topological polar surface area (TPSA) is 210 Å². The first-order chi connectivity index (χ1) is 32.6. The van der Waals surface area contributed by atoms with Crippen molar-refractivity contribution in [3.63, 3.8) is 0 Å². The van der Waals surface area contributed by atoms with Gasteiger partial charge in [0, 0.05) is 40.8 Å². The van der Waals surface area contributed by atoms with E-state index in [9.17, 15) is 19.2 Å². The maximum Gasteiger partial charge on any atom is 0.325 e. The maximum absolute atomic E-state index is 12.5. The molecule has 6 rings (SSSR count). The van der Waals surface area contributed by atoms with Crippen LogP contribution in [0.2, 0.25) is 0 Å². The highest BCUT2D eigenvalue weighted by molar-refractivity contribution is 7.98. The Morgan fingerprint density at radius 2 is 1.06 bits per heavy atom. The molecule has 0 atom stereocenters. The van der Waals surface area contributed by atoms with Gasteiger partial charge in [-0.1, -0.05) is 75.4 Å². The molecule has 0 aliphatic rings. The molecular weight excluding hydrogens is 925 g/mol. The summed E-state index contributed by atoms with van der Waals surface area (Å²) in [5, 5.41) is 29.7. The molecule has 2 heterocycles. The number of aryl methyl sites for hydroxylation is 4. The van der Waals surface area contributed by atoms with Gasteiger partial charge in [-0.2, -0.15) is 0 Å². The number of benzene rings is 4. The fraction of sp³-hybridized carbons (Fsp3) is 0.320. The number of rotatable bonds is 22. The number of aliphatic carboxylic acids is 2. The van der Waals surface area contributed by atoms with Crippen LogP contribution in [-0.4, -0.2) is 57.4 Å². The maximum atomic E-state index is 12.5. The zero-order valence-corrected chi connectivity index (χ0v) is 41.4. The van der Waals surface area contributed by atoms with Gasteiger partial charge >= 0.3 is 24.0 Å². The van der Waals surface area contributed by atoms with Crippen LogP contribution < -0.4 is 35.5 Å². The first-order valence-electron chi connectivity index (χ1n) is 22.0. The number of thiazole rings is 2. The number of carbonyl (C=O) groups is 4. The Hall–Kier alpha value is -6.63. The van der Waals surface area contributed by atoms with E-state index < -0.39 is 18.0 Å². The number of nitrogens with one attached hydrogen (secondary N) is 4. The van der Waals surface area contributed by atoms with Crippen molar-refractivity contribution in [1.29, 1.82) is 0 Å². The van der Waals surface area contributed by atoms with Crippen molar-refractivity contribution < 1.29 is 43.6 Å². The van der Waals surface area contributed by atoms with Gasteiger partial charge in [0.15, 0.2) is 10.3 Å². The average molecular weight is 983 g/mol. The molecule has 0 aliphatic carbocycles. The first-order valence-corrected chi connectivity index (χ1v) is 24.6. The molecule has 6 N–H and O–H groups in total. The van der Waals surface area contributed by atoms with E-state index >= 15 is 0 Å². The molecule has 0 saturated heterocycles. The number of carboxylic acid groups (broad SMARTS) is 2. The molecule has 68 heavy (non-hydrogen) atoms. The Kier molecular flexibility index (Phi) is 20.5. The van der Waals surface area contributed by atoms with Crippen molar-refractivity contribution in [1.82, 2.24) is 9.97 Å². The minimum absolute atomic E-state index is 0.0978. The van der Waals surface area contributed by atoms with E-state index in [0.29, 0.717) is 83.4 Å². The van der Waals surface area contributed by atoms with Crippen LogP contribution in [0.25, 0.3) is 0 Å². The van der Waals surface area contributed by atoms with E-state index in [1.807, 2.05) is 98.8 Å². The van der Waals surface area contributed by atoms with Gasteiger partial charge in [0.1, 0.15) is 23.9 Å². The number of hydrogen-bond acceptors (Lipinski definition) is 12. The quantitative estimate of drug-likeness (QED) is 0.0351. The fourth-order valence-electron chi connectivity index (χ4n) is 5.90. The van der Waals surface area contributed by atoms with Crippen LogP contribution in [0, 0.1) is 25.7 Å². The van der Waals surface area contributed by atoms with Gasteiger partial charge < -0.3 is 35.1 Å². The number of carboxylic acids is 2. The highest BCUT2D eigenvalue weighted by atomic mass is 32.2. The number of aromatic nitrogens is 2. The second kappa shape index (κ2) is 26.6. The number of anilines is 4.